The molecular weight excluding hydrogens is 304 g/mol. The molecule has 3 rings (SSSR count). The molecule has 2 aliphatic rings. The van der Waals surface area contributed by atoms with E-state index in [9.17, 15) is 4.79 Å². The number of carbonyl (C=O) groups is 1. The van der Waals surface area contributed by atoms with E-state index in [2.05, 4.69) is 47.5 Å². The number of benzene rings is 1. The van der Waals surface area contributed by atoms with Gasteiger partial charge in [-0.25, -0.2) is 0 Å². The van der Waals surface area contributed by atoms with Crippen LogP contribution in [0.5, 0.6) is 0 Å². The number of hydrogen-bond acceptors (Lipinski definition) is 3. The van der Waals surface area contributed by atoms with Crippen molar-refractivity contribution >= 4 is 17.7 Å². The van der Waals surface area contributed by atoms with Crippen molar-refractivity contribution in [1.29, 1.82) is 0 Å². The lowest BCUT2D eigenvalue weighted by Crippen LogP contribution is -2.46. The molecule has 23 heavy (non-hydrogen) atoms. The molecule has 2 aliphatic heterocycles. The quantitative estimate of drug-likeness (QED) is 0.919. The van der Waals surface area contributed by atoms with Crippen LogP contribution in [-0.2, 0) is 4.79 Å². The van der Waals surface area contributed by atoms with Gasteiger partial charge in [0.2, 0.25) is 5.91 Å². The Morgan fingerprint density at radius 2 is 2.17 bits per heavy atom. The Balaban J connectivity index is 1.58. The summed E-state index contributed by atoms with van der Waals surface area (Å²) in [5.74, 6) is 3.78. The van der Waals surface area contributed by atoms with Crippen molar-refractivity contribution in [2.75, 3.05) is 31.1 Å². The third-order valence-corrected chi connectivity index (χ3v) is 6.39. The molecule has 4 heteroatoms. The van der Waals surface area contributed by atoms with E-state index in [1.807, 2.05) is 11.8 Å². The van der Waals surface area contributed by atoms with Crippen molar-refractivity contribution in [3.8, 4) is 0 Å². The SMILES string of the molecule is CCC1CN(C(=O)CC2CSCCN2)CCC1c1ccccc1. The average molecular weight is 333 g/mol. The Morgan fingerprint density at radius 3 is 2.87 bits per heavy atom. The van der Waals surface area contributed by atoms with Crippen molar-refractivity contribution in [2.45, 2.75) is 38.1 Å². The maximum Gasteiger partial charge on any atom is 0.224 e. The Morgan fingerprint density at radius 1 is 1.35 bits per heavy atom. The Kier molecular flexibility index (Phi) is 6.01. The van der Waals surface area contributed by atoms with Crippen molar-refractivity contribution in [1.82, 2.24) is 10.2 Å². The summed E-state index contributed by atoms with van der Waals surface area (Å²) in [6.07, 6.45) is 2.90. The number of carbonyl (C=O) groups excluding carboxylic acids is 1. The number of thioether (sulfide) groups is 1. The standard InChI is InChI=1S/C19H28N2OS/c1-2-15-13-21(19(22)12-17-14-23-11-9-20-17)10-8-18(15)16-6-4-3-5-7-16/h3-7,15,17-18,20H,2,8-14H2,1H3. The number of nitrogens with one attached hydrogen (secondary N) is 1. The molecule has 2 fully saturated rings. The van der Waals surface area contributed by atoms with E-state index in [-0.39, 0.29) is 0 Å². The molecule has 0 spiro atoms. The van der Waals surface area contributed by atoms with Crippen LogP contribution in [0.15, 0.2) is 30.3 Å². The molecule has 1 amide bonds. The van der Waals surface area contributed by atoms with Crippen LogP contribution in [0.2, 0.25) is 0 Å². The third-order valence-electron chi connectivity index (χ3n) is 5.26. The lowest BCUT2D eigenvalue weighted by molar-refractivity contribution is -0.133. The zero-order chi connectivity index (χ0) is 16.1. The first-order chi connectivity index (χ1) is 11.3. The second-order valence-corrected chi connectivity index (χ2v) is 7.89. The zero-order valence-electron chi connectivity index (χ0n) is 14.0. The lowest BCUT2D eigenvalue weighted by atomic mass is 9.79. The van der Waals surface area contributed by atoms with Gasteiger partial charge in [0.1, 0.15) is 0 Å². The Labute approximate surface area is 144 Å². The molecule has 1 aromatic rings. The summed E-state index contributed by atoms with van der Waals surface area (Å²) in [5.41, 5.74) is 1.44. The fourth-order valence-electron chi connectivity index (χ4n) is 3.90. The second-order valence-electron chi connectivity index (χ2n) is 6.74. The van der Waals surface area contributed by atoms with Gasteiger partial charge in [0, 0.05) is 43.6 Å². The van der Waals surface area contributed by atoms with Crippen LogP contribution < -0.4 is 5.32 Å². The van der Waals surface area contributed by atoms with E-state index in [0.717, 1.165) is 38.2 Å². The zero-order valence-corrected chi connectivity index (χ0v) is 14.9. The van der Waals surface area contributed by atoms with Crippen LogP contribution in [0.3, 0.4) is 0 Å². The topological polar surface area (TPSA) is 32.3 Å². The van der Waals surface area contributed by atoms with E-state index < -0.39 is 0 Å². The largest absolute Gasteiger partial charge is 0.342 e. The molecule has 3 nitrogen and oxygen atoms in total. The van der Waals surface area contributed by atoms with E-state index in [0.29, 0.717) is 30.2 Å². The number of likely N-dealkylation sites (tertiary alicyclic amines) is 1. The minimum absolute atomic E-state index is 0.343. The highest BCUT2D eigenvalue weighted by molar-refractivity contribution is 7.99. The maximum atomic E-state index is 12.6. The highest BCUT2D eigenvalue weighted by atomic mass is 32.2. The van der Waals surface area contributed by atoms with Gasteiger partial charge >= 0.3 is 0 Å². The van der Waals surface area contributed by atoms with Gasteiger partial charge in [0.25, 0.3) is 0 Å². The molecule has 1 aromatic carbocycles. The first-order valence-electron chi connectivity index (χ1n) is 8.91. The summed E-state index contributed by atoms with van der Waals surface area (Å²) in [6, 6.07) is 11.2. The highest BCUT2D eigenvalue weighted by Gasteiger charge is 2.32. The summed E-state index contributed by atoms with van der Waals surface area (Å²) in [6.45, 7) is 5.13. The molecule has 1 N–H and O–H groups in total. The van der Waals surface area contributed by atoms with Crippen molar-refractivity contribution in [3.63, 3.8) is 0 Å². The summed E-state index contributed by atoms with van der Waals surface area (Å²) >= 11 is 1.96. The van der Waals surface area contributed by atoms with Gasteiger partial charge < -0.3 is 10.2 Å². The van der Waals surface area contributed by atoms with E-state index in [1.165, 1.54) is 11.3 Å². The minimum Gasteiger partial charge on any atom is -0.342 e. The predicted octanol–water partition coefficient (Wildman–Crippen LogP) is 3.12. The fourth-order valence-corrected chi connectivity index (χ4v) is 4.85. The van der Waals surface area contributed by atoms with Gasteiger partial charge in [-0.1, -0.05) is 43.7 Å². The number of hydrogen-bond donors (Lipinski definition) is 1. The monoisotopic (exact) mass is 332 g/mol. The van der Waals surface area contributed by atoms with Crippen LogP contribution in [-0.4, -0.2) is 48.0 Å². The van der Waals surface area contributed by atoms with Gasteiger partial charge in [-0.3, -0.25) is 4.79 Å². The van der Waals surface area contributed by atoms with Gasteiger partial charge in [-0.2, -0.15) is 11.8 Å². The van der Waals surface area contributed by atoms with Crippen molar-refractivity contribution < 1.29 is 4.79 Å². The van der Waals surface area contributed by atoms with E-state index in [1.54, 1.807) is 0 Å². The normalized spacial score (nSPS) is 28.6. The molecule has 3 atom stereocenters. The first-order valence-corrected chi connectivity index (χ1v) is 10.1. The van der Waals surface area contributed by atoms with E-state index in [4.69, 9.17) is 0 Å². The lowest BCUT2D eigenvalue weighted by Gasteiger charge is -2.39. The molecule has 0 bridgehead atoms. The number of nitrogens with zero attached hydrogens (tertiary/aromatic N) is 1. The van der Waals surface area contributed by atoms with Crippen LogP contribution in [0.1, 0.15) is 37.7 Å². The first kappa shape index (κ1) is 16.8. The predicted molar refractivity (Wildman–Crippen MR) is 97.9 cm³/mol. The number of amides is 1. The smallest absolute Gasteiger partial charge is 0.224 e. The van der Waals surface area contributed by atoms with Crippen LogP contribution in [0.4, 0.5) is 0 Å². The Hall–Kier alpha value is -1.00. The Bertz CT molecular complexity index is 501. The minimum atomic E-state index is 0.343. The molecule has 3 unspecified atom stereocenters. The fraction of sp³-hybridized carbons (Fsp3) is 0.632. The van der Waals surface area contributed by atoms with Crippen molar-refractivity contribution in [3.05, 3.63) is 35.9 Å². The molecule has 2 saturated heterocycles. The molecule has 126 valence electrons. The molecule has 0 aliphatic carbocycles. The maximum absolute atomic E-state index is 12.6. The van der Waals surface area contributed by atoms with Crippen molar-refractivity contribution in [2.24, 2.45) is 5.92 Å². The van der Waals surface area contributed by atoms with Crippen LogP contribution in [0, 0.1) is 5.92 Å². The summed E-state index contributed by atoms with van der Waals surface area (Å²) in [5, 5.41) is 3.48. The average Bonchev–Trinajstić information content (AvgIpc) is 2.62. The molecule has 0 aromatic heterocycles. The van der Waals surface area contributed by atoms with Crippen LogP contribution >= 0.6 is 11.8 Å². The number of piperidine rings is 1. The molecule has 2 heterocycles. The second kappa shape index (κ2) is 8.20. The van der Waals surface area contributed by atoms with Gasteiger partial charge in [0.05, 0.1) is 0 Å². The highest BCUT2D eigenvalue weighted by Crippen LogP contribution is 2.35. The molecular formula is C19H28N2OS. The van der Waals surface area contributed by atoms with Crippen LogP contribution in [0.25, 0.3) is 0 Å². The summed E-state index contributed by atoms with van der Waals surface area (Å²) in [4.78, 5) is 14.8. The van der Waals surface area contributed by atoms with Gasteiger partial charge in [-0.15, -0.1) is 0 Å². The van der Waals surface area contributed by atoms with Gasteiger partial charge in [0.15, 0.2) is 0 Å². The van der Waals surface area contributed by atoms with Gasteiger partial charge in [-0.05, 0) is 23.8 Å². The molecule has 0 radical (unpaired) electrons. The van der Waals surface area contributed by atoms with E-state index >= 15 is 0 Å². The number of rotatable bonds is 4. The third kappa shape index (κ3) is 4.30. The summed E-state index contributed by atoms with van der Waals surface area (Å²) in [7, 11) is 0. The molecule has 0 saturated carbocycles. The summed E-state index contributed by atoms with van der Waals surface area (Å²) < 4.78 is 0.